The molecule has 0 spiro atoms. The lowest BCUT2D eigenvalue weighted by Crippen LogP contribution is -2.12. The summed E-state index contributed by atoms with van der Waals surface area (Å²) < 4.78 is 35.3. The van der Waals surface area contributed by atoms with Crippen molar-refractivity contribution in [3.05, 3.63) is 58.1 Å². The molecule has 8 nitrogen and oxygen atoms in total. The van der Waals surface area contributed by atoms with Crippen LogP contribution in [0.1, 0.15) is 12.0 Å². The van der Waals surface area contributed by atoms with Gasteiger partial charge in [-0.25, -0.2) is 0 Å². The number of aryl methyl sites for hydroxylation is 1. The minimum Gasteiger partial charge on any atom is -0.493 e. The lowest BCUT2D eigenvalue weighted by atomic mass is 10.2. The van der Waals surface area contributed by atoms with Crippen molar-refractivity contribution in [2.45, 2.75) is 18.2 Å². The van der Waals surface area contributed by atoms with Gasteiger partial charge in [0.2, 0.25) is 0 Å². The van der Waals surface area contributed by atoms with Crippen LogP contribution in [0.25, 0.3) is 0 Å². The molecule has 0 saturated heterocycles. The normalized spacial score (nSPS) is 11.1. The Morgan fingerprint density at radius 2 is 1.84 bits per heavy atom. The molecule has 0 unspecified atom stereocenters. The predicted octanol–water partition coefficient (Wildman–Crippen LogP) is 2.43. The maximum atomic E-state index is 12.4. The van der Waals surface area contributed by atoms with Crippen LogP contribution in [0.15, 0.2) is 47.4 Å². The smallest absolute Gasteiger partial charge is 0.346 e. The van der Waals surface area contributed by atoms with Crippen LogP contribution in [0.5, 0.6) is 11.5 Å². The second kappa shape index (κ2) is 7.95. The fourth-order valence-electron chi connectivity index (χ4n) is 2.09. The Balaban J connectivity index is 2.31. The van der Waals surface area contributed by atoms with Crippen LogP contribution in [0.3, 0.4) is 0 Å². The van der Waals surface area contributed by atoms with Crippen LogP contribution >= 0.6 is 0 Å². The molecular weight excluding hydrogens is 350 g/mol. The first kappa shape index (κ1) is 18.7. The van der Waals surface area contributed by atoms with E-state index in [9.17, 15) is 18.5 Å². The number of ether oxygens (including phenoxy) is 1. The van der Waals surface area contributed by atoms with Crippen molar-refractivity contribution in [3.8, 4) is 11.5 Å². The summed E-state index contributed by atoms with van der Waals surface area (Å²) in [6.45, 7) is 1.96. The maximum Gasteiger partial charge on any atom is 0.346 e. The van der Waals surface area contributed by atoms with E-state index in [1.165, 1.54) is 24.3 Å². The average Bonchev–Trinajstić information content (AvgIpc) is 2.54. The van der Waals surface area contributed by atoms with E-state index < -0.39 is 25.6 Å². The van der Waals surface area contributed by atoms with Crippen LogP contribution < -0.4 is 8.92 Å². The first-order valence-electron chi connectivity index (χ1n) is 7.37. The molecule has 1 N–H and O–H groups in total. The van der Waals surface area contributed by atoms with Gasteiger partial charge in [0, 0.05) is 25.2 Å². The molecule has 0 saturated carbocycles. The summed E-state index contributed by atoms with van der Waals surface area (Å²) in [5.41, 5.74) is 0.129. The van der Waals surface area contributed by atoms with Crippen LogP contribution in [0.4, 0.5) is 5.69 Å². The highest BCUT2D eigenvalue weighted by atomic mass is 32.2. The number of para-hydroxylation sites is 1. The molecule has 134 valence electrons. The van der Waals surface area contributed by atoms with Gasteiger partial charge in [-0.2, -0.15) is 8.42 Å². The van der Waals surface area contributed by atoms with Gasteiger partial charge in [-0.05, 0) is 30.7 Å². The van der Waals surface area contributed by atoms with Gasteiger partial charge in [0.1, 0.15) is 11.5 Å². The van der Waals surface area contributed by atoms with Gasteiger partial charge >= 0.3 is 10.1 Å². The van der Waals surface area contributed by atoms with Gasteiger partial charge in [0.25, 0.3) is 5.69 Å². The molecule has 0 fully saturated rings. The number of aliphatic hydroxyl groups excluding tert-OH is 1. The molecule has 0 aromatic heterocycles. The Kier molecular flexibility index (Phi) is 5.94. The summed E-state index contributed by atoms with van der Waals surface area (Å²) in [5.74, 6) is 0.360. The standard InChI is InChI=1S/C16H17NO7S/c1-12-9-13(23-8-4-7-18)11-14(10-12)24-25(21,22)16-6-3-2-5-15(16)17(19)20/h2-3,5-6,9-11,18H,4,7-8H2,1H3. The van der Waals surface area contributed by atoms with E-state index in [0.717, 1.165) is 12.1 Å². The number of rotatable bonds is 8. The second-order valence-corrected chi connectivity index (χ2v) is 6.68. The lowest BCUT2D eigenvalue weighted by Gasteiger charge is -2.11. The Hall–Kier alpha value is -2.65. The Morgan fingerprint density at radius 3 is 2.52 bits per heavy atom. The highest BCUT2D eigenvalue weighted by molar-refractivity contribution is 7.87. The molecule has 0 atom stereocenters. The first-order valence-corrected chi connectivity index (χ1v) is 8.77. The molecule has 0 aliphatic carbocycles. The van der Waals surface area contributed by atoms with Crippen molar-refractivity contribution in [1.29, 1.82) is 0 Å². The van der Waals surface area contributed by atoms with Gasteiger partial charge < -0.3 is 14.0 Å². The van der Waals surface area contributed by atoms with Gasteiger partial charge in [0.15, 0.2) is 4.90 Å². The summed E-state index contributed by atoms with van der Waals surface area (Å²) in [4.78, 5) is 9.72. The van der Waals surface area contributed by atoms with Gasteiger partial charge in [-0.1, -0.05) is 12.1 Å². The molecule has 0 bridgehead atoms. The van der Waals surface area contributed by atoms with Gasteiger partial charge in [0.05, 0.1) is 11.5 Å². The van der Waals surface area contributed by atoms with E-state index in [-0.39, 0.29) is 19.0 Å². The third-order valence-electron chi connectivity index (χ3n) is 3.13. The predicted molar refractivity (Wildman–Crippen MR) is 89.3 cm³/mol. The van der Waals surface area contributed by atoms with Crippen molar-refractivity contribution in [2.24, 2.45) is 0 Å². The Morgan fingerprint density at radius 1 is 1.16 bits per heavy atom. The number of nitro benzene ring substituents is 1. The monoisotopic (exact) mass is 367 g/mol. The largest absolute Gasteiger partial charge is 0.493 e. The van der Waals surface area contributed by atoms with E-state index in [4.69, 9.17) is 14.0 Å². The van der Waals surface area contributed by atoms with Gasteiger partial charge in [-0.15, -0.1) is 0 Å². The zero-order valence-electron chi connectivity index (χ0n) is 13.4. The van der Waals surface area contributed by atoms with Crippen LogP contribution in [-0.4, -0.2) is 31.7 Å². The second-order valence-electron chi connectivity index (χ2n) is 5.17. The van der Waals surface area contributed by atoms with Crippen molar-refractivity contribution in [2.75, 3.05) is 13.2 Å². The van der Waals surface area contributed by atoms with E-state index >= 15 is 0 Å². The highest BCUT2D eigenvalue weighted by Crippen LogP contribution is 2.29. The van der Waals surface area contributed by atoms with Gasteiger partial charge in [-0.3, -0.25) is 10.1 Å². The minimum absolute atomic E-state index is 0.0165. The molecular formula is C16H17NO7S. The number of hydrogen-bond acceptors (Lipinski definition) is 7. The minimum atomic E-state index is -4.38. The van der Waals surface area contributed by atoms with Crippen molar-refractivity contribution >= 4 is 15.8 Å². The maximum absolute atomic E-state index is 12.4. The zero-order chi connectivity index (χ0) is 18.4. The summed E-state index contributed by atoms with van der Waals surface area (Å²) in [5, 5.41) is 19.8. The Labute approximate surface area is 144 Å². The third-order valence-corrected chi connectivity index (χ3v) is 4.43. The van der Waals surface area contributed by atoms with Crippen molar-refractivity contribution in [3.63, 3.8) is 0 Å². The average molecular weight is 367 g/mol. The molecule has 0 aliphatic rings. The quantitative estimate of drug-likeness (QED) is 0.330. The molecule has 9 heteroatoms. The fourth-order valence-corrected chi connectivity index (χ4v) is 3.17. The molecule has 0 radical (unpaired) electrons. The van der Waals surface area contributed by atoms with E-state index in [1.807, 2.05) is 0 Å². The molecule has 0 amide bonds. The van der Waals surface area contributed by atoms with Crippen molar-refractivity contribution in [1.82, 2.24) is 0 Å². The molecule has 0 aliphatic heterocycles. The number of hydrogen-bond donors (Lipinski definition) is 1. The fraction of sp³-hybridized carbons (Fsp3) is 0.250. The van der Waals surface area contributed by atoms with Crippen molar-refractivity contribution < 1.29 is 27.4 Å². The number of nitro groups is 1. The number of aliphatic hydroxyl groups is 1. The number of benzene rings is 2. The van der Waals surface area contributed by atoms with Crippen LogP contribution in [0.2, 0.25) is 0 Å². The topological polar surface area (TPSA) is 116 Å². The third kappa shape index (κ3) is 4.91. The van der Waals surface area contributed by atoms with Crippen LogP contribution in [0, 0.1) is 17.0 Å². The van der Waals surface area contributed by atoms with E-state index in [1.54, 1.807) is 13.0 Å². The molecule has 2 rings (SSSR count). The zero-order valence-corrected chi connectivity index (χ0v) is 14.2. The first-order chi connectivity index (χ1) is 11.8. The van der Waals surface area contributed by atoms with E-state index in [0.29, 0.717) is 17.7 Å². The highest BCUT2D eigenvalue weighted by Gasteiger charge is 2.27. The molecule has 0 heterocycles. The molecule has 25 heavy (non-hydrogen) atoms. The summed E-state index contributed by atoms with van der Waals surface area (Å²) in [7, 11) is -4.38. The summed E-state index contributed by atoms with van der Waals surface area (Å²) >= 11 is 0. The molecule has 2 aromatic carbocycles. The van der Waals surface area contributed by atoms with Crippen LogP contribution in [-0.2, 0) is 10.1 Å². The SMILES string of the molecule is Cc1cc(OCCCO)cc(OS(=O)(=O)c2ccccc2[N+](=O)[O-])c1. The molecule has 2 aromatic rings. The summed E-state index contributed by atoms with van der Waals surface area (Å²) in [6.07, 6.45) is 0.429. The van der Waals surface area contributed by atoms with E-state index in [2.05, 4.69) is 0 Å². The Bertz CT molecular complexity index is 865. The summed E-state index contributed by atoms with van der Waals surface area (Å²) in [6, 6.07) is 9.49. The number of nitrogens with zero attached hydrogens (tertiary/aromatic N) is 1. The lowest BCUT2D eigenvalue weighted by molar-refractivity contribution is -0.387.